The van der Waals surface area contributed by atoms with Crippen molar-refractivity contribution >= 4 is 29.3 Å². The molecule has 2 aromatic carbocycles. The van der Waals surface area contributed by atoms with Gasteiger partial charge < -0.3 is 19.4 Å². The van der Waals surface area contributed by atoms with Crippen LogP contribution < -0.4 is 9.64 Å². The number of rotatable bonds is 6. The van der Waals surface area contributed by atoms with Gasteiger partial charge in [-0.15, -0.1) is 0 Å². The molecule has 2 fully saturated rings. The topological polar surface area (TPSA) is 89.8 Å². The first-order chi connectivity index (χ1) is 20.3. The van der Waals surface area contributed by atoms with Crippen LogP contribution in [-0.2, 0) is 4.79 Å². The van der Waals surface area contributed by atoms with E-state index in [1.165, 1.54) is 41.3 Å². The van der Waals surface area contributed by atoms with Crippen LogP contribution >= 0.6 is 11.6 Å². The minimum atomic E-state index is -0.632. The molecule has 0 bridgehead atoms. The fourth-order valence-corrected chi connectivity index (χ4v) is 5.91. The van der Waals surface area contributed by atoms with E-state index in [-0.39, 0.29) is 41.6 Å². The van der Waals surface area contributed by atoms with E-state index in [1.54, 1.807) is 23.2 Å². The van der Waals surface area contributed by atoms with Crippen molar-refractivity contribution in [1.82, 2.24) is 14.8 Å². The van der Waals surface area contributed by atoms with Crippen LogP contribution in [-0.4, -0.2) is 65.5 Å². The lowest BCUT2D eigenvalue weighted by Gasteiger charge is -2.34. The van der Waals surface area contributed by atoms with E-state index in [0.29, 0.717) is 43.7 Å². The summed E-state index contributed by atoms with van der Waals surface area (Å²) in [7, 11) is 0. The molecule has 2 aliphatic heterocycles. The molecule has 2 saturated heterocycles. The molecule has 11 heteroatoms. The molecule has 0 spiro atoms. The minimum absolute atomic E-state index is 0.00232. The van der Waals surface area contributed by atoms with Gasteiger partial charge >= 0.3 is 6.09 Å². The maximum atomic E-state index is 14.5. The summed E-state index contributed by atoms with van der Waals surface area (Å²) in [6.45, 7) is 4.00. The summed E-state index contributed by atoms with van der Waals surface area (Å²) in [4.78, 5) is 36.6. The zero-order valence-electron chi connectivity index (χ0n) is 23.1. The molecular weight excluding hydrogens is 564 g/mol. The Balaban J connectivity index is 1.32. The highest BCUT2D eigenvalue weighted by Crippen LogP contribution is 2.35. The Morgan fingerprint density at radius 1 is 1.10 bits per heavy atom. The van der Waals surface area contributed by atoms with E-state index < -0.39 is 23.8 Å². The van der Waals surface area contributed by atoms with E-state index in [9.17, 15) is 18.4 Å². The molecule has 0 saturated carbocycles. The summed E-state index contributed by atoms with van der Waals surface area (Å²) < 4.78 is 33.4. The number of likely N-dealkylation sites (N-methyl/N-ethyl adjacent to an activating group) is 1. The first kappa shape index (κ1) is 29.3. The molecule has 5 rings (SSSR count). The lowest BCUT2D eigenvalue weighted by atomic mass is 9.93. The second-order valence-electron chi connectivity index (χ2n) is 10.5. The standard InChI is InChI=1S/C31H30ClF2N5O3/c1-2-39(31(41)42-25-8-4-22(33)5-9-25)29-19-38(18-26(29)21-3-10-27(32)28(34)15-21)30(40)20-11-13-37(14-12-20)24-7-6-23(16-35)36-17-24/h3-10,15,17,20,26,29H,2,11-14,18-19H2,1H3/t26-,29+/m0/s1. The smallest absolute Gasteiger partial charge is 0.410 e. The number of carbonyl (C=O) groups excluding carboxylic acids is 2. The summed E-state index contributed by atoms with van der Waals surface area (Å²) in [5.41, 5.74) is 1.89. The molecule has 0 N–H and O–H groups in total. The highest BCUT2D eigenvalue weighted by molar-refractivity contribution is 6.30. The minimum Gasteiger partial charge on any atom is -0.410 e. The lowest BCUT2D eigenvalue weighted by molar-refractivity contribution is -0.135. The Labute approximate surface area is 248 Å². The quantitative estimate of drug-likeness (QED) is 0.369. The van der Waals surface area contributed by atoms with Crippen molar-refractivity contribution in [3.8, 4) is 11.8 Å². The number of ether oxygens (including phenoxy) is 1. The van der Waals surface area contributed by atoms with Crippen LogP contribution in [0.4, 0.5) is 19.3 Å². The van der Waals surface area contributed by atoms with Crippen molar-refractivity contribution in [1.29, 1.82) is 5.26 Å². The number of carbonyl (C=O) groups is 2. The molecule has 0 radical (unpaired) electrons. The van der Waals surface area contributed by atoms with Gasteiger partial charge in [-0.25, -0.2) is 18.6 Å². The Kier molecular flexibility index (Phi) is 8.88. The van der Waals surface area contributed by atoms with Gasteiger partial charge in [0.05, 0.1) is 22.9 Å². The second-order valence-corrected chi connectivity index (χ2v) is 10.9. The van der Waals surface area contributed by atoms with Gasteiger partial charge in [-0.05, 0) is 73.9 Å². The van der Waals surface area contributed by atoms with Gasteiger partial charge in [-0.1, -0.05) is 17.7 Å². The van der Waals surface area contributed by atoms with E-state index in [2.05, 4.69) is 9.88 Å². The number of nitriles is 1. The van der Waals surface area contributed by atoms with E-state index >= 15 is 0 Å². The molecule has 2 aliphatic rings. The van der Waals surface area contributed by atoms with Crippen molar-refractivity contribution in [3.05, 3.63) is 88.7 Å². The molecule has 3 heterocycles. The SMILES string of the molecule is CCN(C(=O)Oc1ccc(F)cc1)[C@@H]1CN(C(=O)C2CCN(c3ccc(C#N)nc3)CC2)C[C@H]1c1ccc(Cl)c(F)c1. The molecule has 8 nitrogen and oxygen atoms in total. The number of halogens is 3. The first-order valence-corrected chi connectivity index (χ1v) is 14.2. The van der Waals surface area contributed by atoms with Crippen LogP contribution in [0.1, 0.15) is 36.9 Å². The molecular formula is C31H30ClF2N5O3. The molecule has 218 valence electrons. The maximum absolute atomic E-state index is 14.5. The normalized spacial score (nSPS) is 18.9. The monoisotopic (exact) mass is 593 g/mol. The summed E-state index contributed by atoms with van der Waals surface area (Å²) in [5.74, 6) is -1.39. The summed E-state index contributed by atoms with van der Waals surface area (Å²) in [5, 5.41) is 8.99. The fraction of sp³-hybridized carbons (Fsp3) is 0.355. The fourth-order valence-electron chi connectivity index (χ4n) is 5.80. The van der Waals surface area contributed by atoms with Crippen LogP contribution in [0.5, 0.6) is 5.75 Å². The summed E-state index contributed by atoms with van der Waals surface area (Å²) in [6, 6.07) is 14.8. The third kappa shape index (κ3) is 6.31. The third-order valence-corrected chi connectivity index (χ3v) is 8.35. The zero-order valence-corrected chi connectivity index (χ0v) is 23.8. The summed E-state index contributed by atoms with van der Waals surface area (Å²) in [6.07, 6.45) is 2.33. The third-order valence-electron chi connectivity index (χ3n) is 8.04. The lowest BCUT2D eigenvalue weighted by Crippen LogP contribution is -2.47. The Bertz CT molecular complexity index is 1470. The van der Waals surface area contributed by atoms with Crippen LogP contribution in [0.25, 0.3) is 0 Å². The molecule has 1 aromatic heterocycles. The highest BCUT2D eigenvalue weighted by atomic mass is 35.5. The van der Waals surface area contributed by atoms with E-state index in [0.717, 1.165) is 5.69 Å². The zero-order chi connectivity index (χ0) is 29.8. The predicted octanol–water partition coefficient (Wildman–Crippen LogP) is 5.62. The van der Waals surface area contributed by atoms with Crippen molar-refractivity contribution in [2.45, 2.75) is 31.7 Å². The van der Waals surface area contributed by atoms with Gasteiger partial charge in [-0.3, -0.25) is 4.79 Å². The van der Waals surface area contributed by atoms with Crippen molar-refractivity contribution < 1.29 is 23.1 Å². The Morgan fingerprint density at radius 2 is 1.83 bits per heavy atom. The molecule has 3 aromatic rings. The van der Waals surface area contributed by atoms with Crippen LogP contribution in [0.2, 0.25) is 5.02 Å². The van der Waals surface area contributed by atoms with Gasteiger partial charge in [-0.2, -0.15) is 5.26 Å². The van der Waals surface area contributed by atoms with Crippen LogP contribution in [0, 0.1) is 28.9 Å². The number of hydrogen-bond donors (Lipinski definition) is 0. The number of likely N-dealkylation sites (tertiary alicyclic amines) is 1. The van der Waals surface area contributed by atoms with Gasteiger partial charge in [0.1, 0.15) is 29.1 Å². The van der Waals surface area contributed by atoms with Crippen LogP contribution in [0.15, 0.2) is 60.8 Å². The van der Waals surface area contributed by atoms with Gasteiger partial charge in [0, 0.05) is 44.6 Å². The molecule has 2 atom stereocenters. The number of amides is 2. The molecule has 0 unspecified atom stereocenters. The predicted molar refractivity (Wildman–Crippen MR) is 153 cm³/mol. The second kappa shape index (κ2) is 12.7. The number of pyridine rings is 1. The van der Waals surface area contributed by atoms with Crippen molar-refractivity contribution in [3.63, 3.8) is 0 Å². The van der Waals surface area contributed by atoms with Gasteiger partial charge in [0.25, 0.3) is 0 Å². The highest BCUT2D eigenvalue weighted by Gasteiger charge is 2.43. The maximum Gasteiger partial charge on any atom is 0.415 e. The molecule has 2 amide bonds. The van der Waals surface area contributed by atoms with Crippen LogP contribution in [0.3, 0.4) is 0 Å². The van der Waals surface area contributed by atoms with Crippen molar-refractivity contribution in [2.24, 2.45) is 5.92 Å². The Morgan fingerprint density at radius 3 is 2.45 bits per heavy atom. The van der Waals surface area contributed by atoms with Crippen molar-refractivity contribution in [2.75, 3.05) is 37.6 Å². The number of benzene rings is 2. The summed E-state index contributed by atoms with van der Waals surface area (Å²) >= 11 is 5.94. The number of aromatic nitrogens is 1. The largest absolute Gasteiger partial charge is 0.415 e. The molecule has 0 aliphatic carbocycles. The number of hydrogen-bond acceptors (Lipinski definition) is 6. The first-order valence-electron chi connectivity index (χ1n) is 13.9. The van der Waals surface area contributed by atoms with E-state index in [1.807, 2.05) is 19.1 Å². The number of nitrogens with zero attached hydrogens (tertiary/aromatic N) is 5. The average molecular weight is 594 g/mol. The van der Waals surface area contributed by atoms with Gasteiger partial charge in [0.15, 0.2) is 0 Å². The molecule has 42 heavy (non-hydrogen) atoms. The van der Waals surface area contributed by atoms with E-state index in [4.69, 9.17) is 21.6 Å². The average Bonchev–Trinajstić information content (AvgIpc) is 3.45. The number of piperidine rings is 1. The number of anilines is 1. The van der Waals surface area contributed by atoms with Gasteiger partial charge in [0.2, 0.25) is 5.91 Å². The Hall–Kier alpha value is -4.23.